The van der Waals surface area contributed by atoms with E-state index in [9.17, 15) is 14.0 Å². The Hall–Kier alpha value is -4.29. The minimum absolute atomic E-state index is 0.244. The SMILES string of the molecule is CCCCNC(=O)Nc1ccc(/C=C/c2ccnc3cc(-c4cnn(CCN(C)CCOC(=O)OC(C)(C)C)c4)sc23)c(F)c1. The number of fused-ring (bicyclic) bond motifs is 1. The summed E-state index contributed by atoms with van der Waals surface area (Å²) in [6.07, 6.45) is 10.4. The van der Waals surface area contributed by atoms with Gasteiger partial charge >= 0.3 is 12.2 Å². The van der Waals surface area contributed by atoms with Crippen LogP contribution in [0.4, 0.5) is 19.7 Å². The number of hydrogen-bond acceptors (Lipinski definition) is 8. The molecule has 0 atom stereocenters. The lowest BCUT2D eigenvalue weighted by Gasteiger charge is -2.20. The number of hydrogen-bond donors (Lipinski definition) is 2. The highest BCUT2D eigenvalue weighted by molar-refractivity contribution is 7.22. The number of benzene rings is 1. The molecule has 240 valence electrons. The van der Waals surface area contributed by atoms with Gasteiger partial charge in [0.05, 0.1) is 23.0 Å². The summed E-state index contributed by atoms with van der Waals surface area (Å²) in [4.78, 5) is 31.3. The summed E-state index contributed by atoms with van der Waals surface area (Å²) in [7, 11) is 1.96. The molecule has 0 bridgehead atoms. The van der Waals surface area contributed by atoms with Crippen molar-refractivity contribution in [3.8, 4) is 10.4 Å². The van der Waals surface area contributed by atoms with Crippen LogP contribution in [-0.2, 0) is 16.0 Å². The number of carbonyl (C=O) groups is 2. The van der Waals surface area contributed by atoms with Gasteiger partial charge in [0.15, 0.2) is 0 Å². The van der Waals surface area contributed by atoms with E-state index >= 15 is 0 Å². The van der Waals surface area contributed by atoms with Gasteiger partial charge in [-0.3, -0.25) is 9.67 Å². The van der Waals surface area contributed by atoms with Gasteiger partial charge in [0.25, 0.3) is 0 Å². The molecular weight excluding hydrogens is 595 g/mol. The molecule has 4 aromatic rings. The number of halogens is 1. The first-order chi connectivity index (χ1) is 21.5. The number of nitrogens with one attached hydrogen (secondary N) is 2. The third kappa shape index (κ3) is 10.4. The molecule has 0 saturated carbocycles. The maximum Gasteiger partial charge on any atom is 0.508 e. The molecular formula is C33H41FN6O4S. The van der Waals surface area contributed by atoms with E-state index in [1.807, 2.05) is 49.3 Å². The summed E-state index contributed by atoms with van der Waals surface area (Å²) >= 11 is 1.60. The van der Waals surface area contributed by atoms with Crippen LogP contribution in [0.5, 0.6) is 0 Å². The van der Waals surface area contributed by atoms with Crippen LogP contribution in [-0.4, -0.2) is 70.7 Å². The van der Waals surface area contributed by atoms with Crippen LogP contribution in [0, 0.1) is 5.82 Å². The molecule has 3 aromatic heterocycles. The lowest BCUT2D eigenvalue weighted by atomic mass is 10.1. The Morgan fingerprint density at radius 1 is 1.13 bits per heavy atom. The average molecular weight is 637 g/mol. The zero-order valence-electron chi connectivity index (χ0n) is 26.4. The Bertz CT molecular complexity index is 1630. The van der Waals surface area contributed by atoms with Gasteiger partial charge < -0.3 is 25.0 Å². The topological polar surface area (TPSA) is 111 Å². The number of anilines is 1. The van der Waals surface area contributed by atoms with Crippen LogP contribution in [0.2, 0.25) is 0 Å². The van der Waals surface area contributed by atoms with Crippen LogP contribution in [0.15, 0.2) is 48.9 Å². The standard InChI is InChI=1S/C33H41FN6O4S/c1-6-7-13-36-31(41)38-26-11-10-23(27(34)19-26)8-9-24-12-14-35-28-20-29(45-30(24)28)25-21-37-40(22-25)16-15-39(5)17-18-43-32(42)44-33(2,3)4/h8-12,14,19-22H,6-7,13,15-18H2,1-5H3,(H2,36,38,41)/b9-8+. The molecule has 0 aliphatic rings. The number of pyridine rings is 1. The van der Waals surface area contributed by atoms with Crippen LogP contribution in [0.3, 0.4) is 0 Å². The number of ether oxygens (including phenoxy) is 2. The summed E-state index contributed by atoms with van der Waals surface area (Å²) in [5.74, 6) is -0.427. The Balaban J connectivity index is 1.34. The molecule has 10 nitrogen and oxygen atoms in total. The normalized spacial score (nSPS) is 11.8. The van der Waals surface area contributed by atoms with Gasteiger partial charge in [-0.15, -0.1) is 11.3 Å². The van der Waals surface area contributed by atoms with Crippen molar-refractivity contribution in [3.05, 3.63) is 65.9 Å². The van der Waals surface area contributed by atoms with Crippen LogP contribution >= 0.6 is 11.3 Å². The zero-order chi connectivity index (χ0) is 32.4. The van der Waals surface area contributed by atoms with Gasteiger partial charge in [-0.2, -0.15) is 5.10 Å². The van der Waals surface area contributed by atoms with Crippen LogP contribution in [0.1, 0.15) is 51.7 Å². The summed E-state index contributed by atoms with van der Waals surface area (Å²) < 4.78 is 28.0. The van der Waals surface area contributed by atoms with Crippen molar-refractivity contribution >= 4 is 51.6 Å². The number of unbranched alkanes of at least 4 members (excludes halogenated alkanes) is 1. The number of rotatable bonds is 13. The third-order valence-electron chi connectivity index (χ3n) is 6.67. The van der Waals surface area contributed by atoms with Gasteiger partial charge in [0.2, 0.25) is 0 Å². The predicted octanol–water partition coefficient (Wildman–Crippen LogP) is 7.27. The first-order valence-electron chi connectivity index (χ1n) is 15.0. The lowest BCUT2D eigenvalue weighted by molar-refractivity contribution is -0.00955. The minimum atomic E-state index is -0.664. The number of likely N-dealkylation sites (N-methyl/N-ethyl adjacent to an activating group) is 1. The van der Waals surface area contributed by atoms with E-state index in [1.54, 1.807) is 56.5 Å². The summed E-state index contributed by atoms with van der Waals surface area (Å²) in [6.45, 7) is 10.2. The maximum absolute atomic E-state index is 14.8. The molecule has 4 rings (SSSR count). The van der Waals surface area contributed by atoms with E-state index in [-0.39, 0.29) is 12.6 Å². The maximum atomic E-state index is 14.8. The largest absolute Gasteiger partial charge is 0.508 e. The molecule has 0 saturated heterocycles. The average Bonchev–Trinajstić information content (AvgIpc) is 3.62. The highest BCUT2D eigenvalue weighted by Gasteiger charge is 2.17. The van der Waals surface area contributed by atoms with E-state index < -0.39 is 17.6 Å². The third-order valence-corrected chi connectivity index (χ3v) is 7.89. The molecule has 0 aliphatic heterocycles. The smallest absolute Gasteiger partial charge is 0.433 e. The molecule has 3 heterocycles. The molecule has 45 heavy (non-hydrogen) atoms. The molecule has 0 aliphatic carbocycles. The van der Waals surface area contributed by atoms with Gasteiger partial charge in [-0.25, -0.2) is 14.0 Å². The molecule has 2 N–H and O–H groups in total. The zero-order valence-corrected chi connectivity index (χ0v) is 27.2. The Morgan fingerprint density at radius 3 is 2.69 bits per heavy atom. The van der Waals surface area contributed by atoms with Crippen molar-refractivity contribution in [1.82, 2.24) is 25.0 Å². The molecule has 0 radical (unpaired) electrons. The van der Waals surface area contributed by atoms with Crippen molar-refractivity contribution in [2.45, 2.75) is 52.7 Å². The number of amides is 2. The van der Waals surface area contributed by atoms with E-state index in [1.165, 1.54) is 6.07 Å². The number of thiophene rings is 1. The van der Waals surface area contributed by atoms with E-state index in [0.717, 1.165) is 45.6 Å². The summed E-state index contributed by atoms with van der Waals surface area (Å²) in [5, 5.41) is 9.94. The second-order valence-corrected chi connectivity index (χ2v) is 12.7. The monoisotopic (exact) mass is 636 g/mol. The predicted molar refractivity (Wildman–Crippen MR) is 178 cm³/mol. The molecule has 0 unspecified atom stereocenters. The van der Waals surface area contributed by atoms with Crippen molar-refractivity contribution in [2.24, 2.45) is 0 Å². The second kappa shape index (κ2) is 15.6. The fourth-order valence-electron chi connectivity index (χ4n) is 4.27. The fourth-order valence-corrected chi connectivity index (χ4v) is 5.35. The Labute approximate surface area is 267 Å². The molecule has 12 heteroatoms. The first-order valence-corrected chi connectivity index (χ1v) is 15.8. The van der Waals surface area contributed by atoms with E-state index in [0.29, 0.717) is 30.9 Å². The van der Waals surface area contributed by atoms with Gasteiger partial charge in [-0.1, -0.05) is 25.5 Å². The summed E-state index contributed by atoms with van der Waals surface area (Å²) in [6, 6.07) is 8.23. The van der Waals surface area contributed by atoms with Crippen molar-refractivity contribution in [3.63, 3.8) is 0 Å². The van der Waals surface area contributed by atoms with E-state index in [4.69, 9.17) is 9.47 Å². The quantitative estimate of drug-likeness (QED) is 0.117. The van der Waals surface area contributed by atoms with Crippen molar-refractivity contribution in [2.75, 3.05) is 38.6 Å². The van der Waals surface area contributed by atoms with Gasteiger partial charge in [0.1, 0.15) is 18.0 Å². The second-order valence-electron chi connectivity index (χ2n) is 11.6. The molecule has 0 fully saturated rings. The fraction of sp³-hybridized carbons (Fsp3) is 0.394. The van der Waals surface area contributed by atoms with Crippen molar-refractivity contribution in [1.29, 1.82) is 0 Å². The van der Waals surface area contributed by atoms with Crippen molar-refractivity contribution < 1.29 is 23.5 Å². The Kier molecular flexibility index (Phi) is 11.7. The minimum Gasteiger partial charge on any atom is -0.433 e. The van der Waals surface area contributed by atoms with E-state index in [2.05, 4.69) is 25.6 Å². The number of aromatic nitrogens is 3. The van der Waals surface area contributed by atoms with Crippen LogP contribution in [0.25, 0.3) is 32.8 Å². The van der Waals surface area contributed by atoms with Crippen LogP contribution < -0.4 is 10.6 Å². The first kappa shape index (κ1) is 33.6. The Morgan fingerprint density at radius 2 is 1.93 bits per heavy atom. The highest BCUT2D eigenvalue weighted by atomic mass is 32.1. The molecule has 1 aromatic carbocycles. The molecule has 0 spiro atoms. The number of carbonyl (C=O) groups excluding carboxylic acids is 2. The number of nitrogens with zero attached hydrogens (tertiary/aromatic N) is 4. The lowest BCUT2D eigenvalue weighted by Crippen LogP contribution is -2.30. The van der Waals surface area contributed by atoms with Gasteiger partial charge in [-0.05, 0) is 70.1 Å². The number of urea groups is 1. The molecule has 2 amide bonds. The summed E-state index contributed by atoms with van der Waals surface area (Å²) in [5.41, 5.74) is 2.99. The van der Waals surface area contributed by atoms with Gasteiger partial charge in [0, 0.05) is 53.7 Å². The highest BCUT2D eigenvalue weighted by Crippen LogP contribution is 2.35.